The maximum Gasteiger partial charge on any atom is 0.387 e. The number of ether oxygens (including phenoxy) is 1. The number of hydrogen-bond acceptors (Lipinski definition) is 3. The molecule has 2 rings (SSSR count). The lowest BCUT2D eigenvalue weighted by Gasteiger charge is -2.15. The Morgan fingerprint density at radius 3 is 2.85 bits per heavy atom. The molecule has 0 heterocycles. The van der Waals surface area contributed by atoms with Gasteiger partial charge in [-0.2, -0.15) is 8.78 Å². The molecule has 2 N–H and O–H groups in total. The van der Waals surface area contributed by atoms with Crippen LogP contribution in [0.15, 0.2) is 24.3 Å². The lowest BCUT2D eigenvalue weighted by molar-refractivity contribution is -0.120. The van der Waals surface area contributed by atoms with Crippen molar-refractivity contribution >= 4 is 5.91 Å². The molecule has 1 atom stereocenters. The Morgan fingerprint density at radius 1 is 1.45 bits per heavy atom. The average Bonchev–Trinajstić information content (AvgIpc) is 3.19. The second-order valence-electron chi connectivity index (χ2n) is 4.90. The van der Waals surface area contributed by atoms with Gasteiger partial charge in [-0.25, -0.2) is 0 Å². The summed E-state index contributed by atoms with van der Waals surface area (Å²) in [4.78, 5) is 11.5. The van der Waals surface area contributed by atoms with Crippen LogP contribution in [-0.2, 0) is 4.79 Å². The minimum atomic E-state index is -2.84. The van der Waals surface area contributed by atoms with Gasteiger partial charge in [-0.1, -0.05) is 12.1 Å². The average molecular weight is 284 g/mol. The number of carbonyl (C=O) groups excluding carboxylic acids is 1. The molecule has 0 aromatic heterocycles. The minimum Gasteiger partial charge on any atom is -0.435 e. The zero-order chi connectivity index (χ0) is 14.5. The number of alkyl halides is 2. The summed E-state index contributed by atoms with van der Waals surface area (Å²) in [5.41, 5.74) is 0.794. The van der Waals surface area contributed by atoms with E-state index in [1.54, 1.807) is 18.2 Å². The molecule has 1 fully saturated rings. The standard InChI is InChI=1S/C14H18F2N2O2/c1-9(17-8-13(19)18-11-5-6-11)10-3-2-4-12(7-10)20-14(15)16/h2-4,7,9,11,14,17H,5-6,8H2,1H3,(H,18,19). The van der Waals surface area contributed by atoms with Crippen LogP contribution in [0.1, 0.15) is 31.4 Å². The number of rotatable bonds is 7. The molecule has 1 unspecified atom stereocenters. The first kappa shape index (κ1) is 14.7. The van der Waals surface area contributed by atoms with Gasteiger partial charge >= 0.3 is 6.61 Å². The molecule has 20 heavy (non-hydrogen) atoms. The first-order chi connectivity index (χ1) is 9.54. The van der Waals surface area contributed by atoms with E-state index >= 15 is 0 Å². The van der Waals surface area contributed by atoms with Gasteiger partial charge in [-0.05, 0) is 37.5 Å². The van der Waals surface area contributed by atoms with Crippen molar-refractivity contribution in [1.82, 2.24) is 10.6 Å². The first-order valence-electron chi connectivity index (χ1n) is 6.62. The highest BCUT2D eigenvalue weighted by molar-refractivity contribution is 5.78. The quantitative estimate of drug-likeness (QED) is 0.807. The van der Waals surface area contributed by atoms with Gasteiger partial charge in [0.15, 0.2) is 0 Å². The van der Waals surface area contributed by atoms with Crippen LogP contribution in [0, 0.1) is 0 Å². The number of amides is 1. The van der Waals surface area contributed by atoms with Gasteiger partial charge in [-0.3, -0.25) is 4.79 Å². The van der Waals surface area contributed by atoms with Crippen LogP contribution in [0.3, 0.4) is 0 Å². The Hall–Kier alpha value is -1.69. The van der Waals surface area contributed by atoms with Gasteiger partial charge in [-0.15, -0.1) is 0 Å². The van der Waals surface area contributed by atoms with Crippen molar-refractivity contribution < 1.29 is 18.3 Å². The molecule has 1 aliphatic carbocycles. The summed E-state index contributed by atoms with van der Waals surface area (Å²) in [6.45, 7) is -0.762. The molecule has 0 aliphatic heterocycles. The fourth-order valence-electron chi connectivity index (χ4n) is 1.83. The van der Waals surface area contributed by atoms with Gasteiger partial charge in [0, 0.05) is 12.1 Å². The molecule has 6 heteroatoms. The van der Waals surface area contributed by atoms with Crippen molar-refractivity contribution in [2.75, 3.05) is 6.54 Å². The lowest BCUT2D eigenvalue weighted by Crippen LogP contribution is -2.36. The Balaban J connectivity index is 1.84. The monoisotopic (exact) mass is 284 g/mol. The Kier molecular flexibility index (Phi) is 4.89. The van der Waals surface area contributed by atoms with Gasteiger partial charge in [0.1, 0.15) is 5.75 Å². The number of benzene rings is 1. The summed E-state index contributed by atoms with van der Waals surface area (Å²) in [6, 6.07) is 6.68. The summed E-state index contributed by atoms with van der Waals surface area (Å²) in [5, 5.41) is 5.93. The molecular weight excluding hydrogens is 266 g/mol. The molecule has 1 aliphatic rings. The number of carbonyl (C=O) groups is 1. The van der Waals surface area contributed by atoms with Gasteiger partial charge in [0.25, 0.3) is 0 Å². The summed E-state index contributed by atoms with van der Waals surface area (Å²) >= 11 is 0. The fraction of sp³-hybridized carbons (Fsp3) is 0.500. The van der Waals surface area contributed by atoms with E-state index in [0.29, 0.717) is 6.04 Å². The van der Waals surface area contributed by atoms with Gasteiger partial charge in [0.05, 0.1) is 6.54 Å². The molecule has 1 aromatic carbocycles. The summed E-state index contributed by atoms with van der Waals surface area (Å²) in [7, 11) is 0. The first-order valence-corrected chi connectivity index (χ1v) is 6.62. The van der Waals surface area contributed by atoms with E-state index in [9.17, 15) is 13.6 Å². The fourth-order valence-corrected chi connectivity index (χ4v) is 1.83. The number of halogens is 2. The second-order valence-corrected chi connectivity index (χ2v) is 4.90. The molecule has 0 bridgehead atoms. The molecule has 0 radical (unpaired) electrons. The van der Waals surface area contributed by atoms with Crippen LogP contribution in [0.2, 0.25) is 0 Å². The van der Waals surface area contributed by atoms with Crippen LogP contribution in [-0.4, -0.2) is 25.1 Å². The maximum atomic E-state index is 12.1. The normalized spacial score (nSPS) is 16.0. The summed E-state index contributed by atoms with van der Waals surface area (Å²) in [6.07, 6.45) is 2.10. The molecule has 4 nitrogen and oxygen atoms in total. The molecule has 0 saturated heterocycles. The van der Waals surface area contributed by atoms with Gasteiger partial charge in [0.2, 0.25) is 5.91 Å². The summed E-state index contributed by atoms with van der Waals surface area (Å²) in [5.74, 6) is 0.0768. The largest absolute Gasteiger partial charge is 0.435 e. The summed E-state index contributed by atoms with van der Waals surface area (Å²) < 4.78 is 28.6. The van der Waals surface area contributed by atoms with Crippen molar-refractivity contribution in [2.24, 2.45) is 0 Å². The molecule has 1 aromatic rings. The predicted molar refractivity (Wildman–Crippen MR) is 70.7 cm³/mol. The van der Waals surface area contributed by atoms with Crippen molar-refractivity contribution in [2.45, 2.75) is 38.5 Å². The molecule has 110 valence electrons. The van der Waals surface area contributed by atoms with E-state index in [4.69, 9.17) is 0 Å². The van der Waals surface area contributed by atoms with Crippen LogP contribution in [0.25, 0.3) is 0 Å². The highest BCUT2D eigenvalue weighted by Crippen LogP contribution is 2.21. The number of hydrogen-bond donors (Lipinski definition) is 2. The maximum absolute atomic E-state index is 12.1. The zero-order valence-corrected chi connectivity index (χ0v) is 11.2. The smallest absolute Gasteiger partial charge is 0.387 e. The third kappa shape index (κ3) is 4.77. The van der Waals surface area contributed by atoms with Crippen molar-refractivity contribution in [1.29, 1.82) is 0 Å². The predicted octanol–water partition coefficient (Wildman–Crippen LogP) is 2.22. The van der Waals surface area contributed by atoms with Gasteiger partial charge < -0.3 is 15.4 Å². The van der Waals surface area contributed by atoms with E-state index in [0.717, 1.165) is 18.4 Å². The Bertz CT molecular complexity index is 464. The zero-order valence-electron chi connectivity index (χ0n) is 11.2. The SMILES string of the molecule is CC(NCC(=O)NC1CC1)c1cccc(OC(F)F)c1. The van der Waals surface area contributed by atoms with Crippen LogP contribution < -0.4 is 15.4 Å². The highest BCUT2D eigenvalue weighted by atomic mass is 19.3. The van der Waals surface area contributed by atoms with E-state index in [1.807, 2.05) is 6.92 Å². The van der Waals surface area contributed by atoms with E-state index in [1.165, 1.54) is 6.07 Å². The molecule has 1 saturated carbocycles. The van der Waals surface area contributed by atoms with Crippen LogP contribution >= 0.6 is 0 Å². The number of nitrogens with one attached hydrogen (secondary N) is 2. The van der Waals surface area contributed by atoms with E-state index in [2.05, 4.69) is 15.4 Å². The van der Waals surface area contributed by atoms with E-state index < -0.39 is 6.61 Å². The topological polar surface area (TPSA) is 50.4 Å². The Labute approximate surface area is 116 Å². The van der Waals surface area contributed by atoms with Crippen LogP contribution in [0.5, 0.6) is 5.75 Å². The second kappa shape index (κ2) is 6.65. The van der Waals surface area contributed by atoms with Crippen molar-refractivity contribution in [3.05, 3.63) is 29.8 Å². The third-order valence-corrected chi connectivity index (χ3v) is 3.09. The van der Waals surface area contributed by atoms with Crippen molar-refractivity contribution in [3.8, 4) is 5.75 Å². The lowest BCUT2D eigenvalue weighted by atomic mass is 10.1. The molecule has 0 spiro atoms. The molecular formula is C14H18F2N2O2. The van der Waals surface area contributed by atoms with Crippen molar-refractivity contribution in [3.63, 3.8) is 0 Å². The molecule has 1 amide bonds. The highest BCUT2D eigenvalue weighted by Gasteiger charge is 2.23. The third-order valence-electron chi connectivity index (χ3n) is 3.09. The minimum absolute atomic E-state index is 0.0423. The Morgan fingerprint density at radius 2 is 2.20 bits per heavy atom. The van der Waals surface area contributed by atoms with E-state index in [-0.39, 0.29) is 24.2 Å². The van der Waals surface area contributed by atoms with Crippen LogP contribution in [0.4, 0.5) is 8.78 Å².